The van der Waals surface area contributed by atoms with E-state index in [2.05, 4.69) is 4.99 Å². The maximum Gasteiger partial charge on any atom is 0.220 e. The molecule has 0 fully saturated rings. The highest BCUT2D eigenvalue weighted by molar-refractivity contribution is 5.94. The predicted molar refractivity (Wildman–Crippen MR) is 108 cm³/mol. The van der Waals surface area contributed by atoms with Gasteiger partial charge < -0.3 is 9.64 Å². The van der Waals surface area contributed by atoms with Crippen LogP contribution in [0.2, 0.25) is 0 Å². The third kappa shape index (κ3) is 3.54. The minimum atomic E-state index is -0.948. The number of halogens is 4. The molecule has 0 saturated heterocycles. The van der Waals surface area contributed by atoms with Gasteiger partial charge in [0.25, 0.3) is 0 Å². The van der Waals surface area contributed by atoms with Crippen molar-refractivity contribution in [3.05, 3.63) is 89.6 Å². The average molecular weight is 412 g/mol. The first kappa shape index (κ1) is 19.7. The Bertz CT molecular complexity index is 1200. The molecule has 3 nitrogen and oxygen atoms in total. The SMILES string of the molecule is Cc1c(F)cc(-c2cccc(F)c2)cc1N(C)c1c(F)ccc(OC2=NC=C2)c1F. The van der Waals surface area contributed by atoms with Crippen LogP contribution in [-0.2, 0) is 0 Å². The van der Waals surface area contributed by atoms with Crippen LogP contribution in [0.25, 0.3) is 11.1 Å². The fraction of sp³-hybridized carbons (Fsp3) is 0.0870. The monoisotopic (exact) mass is 412 g/mol. The van der Waals surface area contributed by atoms with E-state index in [1.165, 1.54) is 55.4 Å². The van der Waals surface area contributed by atoms with Gasteiger partial charge in [-0.25, -0.2) is 22.6 Å². The highest BCUT2D eigenvalue weighted by Crippen LogP contribution is 2.38. The third-order valence-corrected chi connectivity index (χ3v) is 4.84. The first-order chi connectivity index (χ1) is 14.3. The largest absolute Gasteiger partial charge is 0.436 e. The number of anilines is 2. The highest BCUT2D eigenvalue weighted by Gasteiger charge is 2.23. The van der Waals surface area contributed by atoms with Gasteiger partial charge in [-0.05, 0) is 54.4 Å². The van der Waals surface area contributed by atoms with Crippen molar-refractivity contribution in [3.63, 3.8) is 0 Å². The van der Waals surface area contributed by atoms with Crippen molar-refractivity contribution < 1.29 is 22.3 Å². The van der Waals surface area contributed by atoms with Gasteiger partial charge in [-0.1, -0.05) is 12.1 Å². The first-order valence-electron chi connectivity index (χ1n) is 9.05. The minimum Gasteiger partial charge on any atom is -0.436 e. The lowest BCUT2D eigenvalue weighted by Gasteiger charge is -2.25. The van der Waals surface area contributed by atoms with Crippen molar-refractivity contribution in [1.82, 2.24) is 0 Å². The van der Waals surface area contributed by atoms with E-state index < -0.39 is 29.0 Å². The van der Waals surface area contributed by atoms with Crippen molar-refractivity contribution in [1.29, 1.82) is 0 Å². The second-order valence-corrected chi connectivity index (χ2v) is 6.76. The van der Waals surface area contributed by atoms with Crippen LogP contribution in [0.15, 0.2) is 65.8 Å². The first-order valence-corrected chi connectivity index (χ1v) is 9.05. The molecule has 0 unspecified atom stereocenters. The molecule has 0 radical (unpaired) electrons. The van der Waals surface area contributed by atoms with E-state index >= 15 is 4.39 Å². The van der Waals surface area contributed by atoms with Gasteiger partial charge in [0.15, 0.2) is 11.6 Å². The molecule has 3 aromatic rings. The minimum absolute atomic E-state index is 0.189. The van der Waals surface area contributed by atoms with Gasteiger partial charge in [0.2, 0.25) is 5.90 Å². The summed E-state index contributed by atoms with van der Waals surface area (Å²) in [4.78, 5) is 5.00. The topological polar surface area (TPSA) is 24.8 Å². The predicted octanol–water partition coefficient (Wildman–Crippen LogP) is 6.29. The van der Waals surface area contributed by atoms with Gasteiger partial charge in [-0.15, -0.1) is 0 Å². The van der Waals surface area contributed by atoms with Crippen LogP contribution in [-0.4, -0.2) is 12.9 Å². The molecule has 1 heterocycles. The lowest BCUT2D eigenvalue weighted by atomic mass is 10.0. The number of hydrogen-bond acceptors (Lipinski definition) is 3. The van der Waals surface area contributed by atoms with Gasteiger partial charge >= 0.3 is 0 Å². The van der Waals surface area contributed by atoms with Crippen LogP contribution < -0.4 is 9.64 Å². The van der Waals surface area contributed by atoms with Crippen LogP contribution in [0.3, 0.4) is 0 Å². The van der Waals surface area contributed by atoms with Crippen molar-refractivity contribution >= 4 is 17.3 Å². The number of aliphatic imine (C=N–C) groups is 1. The normalized spacial score (nSPS) is 12.4. The van der Waals surface area contributed by atoms with E-state index in [1.807, 2.05) is 0 Å². The summed E-state index contributed by atoms with van der Waals surface area (Å²) in [5.41, 5.74) is 0.826. The fourth-order valence-electron chi connectivity index (χ4n) is 3.19. The summed E-state index contributed by atoms with van der Waals surface area (Å²) in [7, 11) is 1.42. The quantitative estimate of drug-likeness (QED) is 0.471. The molecule has 0 N–H and O–H groups in total. The summed E-state index contributed by atoms with van der Waals surface area (Å²) in [6.45, 7) is 1.50. The molecule has 152 valence electrons. The average Bonchev–Trinajstić information content (AvgIpc) is 2.68. The van der Waals surface area contributed by atoms with Crippen molar-refractivity contribution in [2.45, 2.75) is 6.92 Å². The van der Waals surface area contributed by atoms with Crippen LogP contribution >= 0.6 is 0 Å². The molecule has 1 aliphatic rings. The van der Waals surface area contributed by atoms with E-state index in [-0.39, 0.29) is 22.9 Å². The maximum absolute atomic E-state index is 15.1. The molecule has 1 aliphatic heterocycles. The van der Waals surface area contributed by atoms with Gasteiger partial charge in [0.1, 0.15) is 23.1 Å². The van der Waals surface area contributed by atoms with E-state index in [4.69, 9.17) is 4.74 Å². The molecule has 30 heavy (non-hydrogen) atoms. The second-order valence-electron chi connectivity index (χ2n) is 6.76. The zero-order valence-corrected chi connectivity index (χ0v) is 16.1. The summed E-state index contributed by atoms with van der Waals surface area (Å²) in [6, 6.07) is 10.7. The Morgan fingerprint density at radius 3 is 2.33 bits per heavy atom. The smallest absolute Gasteiger partial charge is 0.220 e. The van der Waals surface area contributed by atoms with Gasteiger partial charge in [0, 0.05) is 30.6 Å². The number of hydrogen-bond donors (Lipinski definition) is 0. The van der Waals surface area contributed by atoms with E-state index in [0.717, 1.165) is 12.1 Å². The Morgan fingerprint density at radius 2 is 1.67 bits per heavy atom. The molecule has 0 aliphatic carbocycles. The lowest BCUT2D eigenvalue weighted by Crippen LogP contribution is -2.17. The molecule has 0 amide bonds. The van der Waals surface area contributed by atoms with Gasteiger partial charge in [-0.2, -0.15) is 0 Å². The molecule has 0 saturated carbocycles. The second kappa shape index (κ2) is 7.67. The third-order valence-electron chi connectivity index (χ3n) is 4.84. The Kier molecular flexibility index (Phi) is 5.03. The Hall–Kier alpha value is -3.61. The molecule has 0 aromatic heterocycles. The van der Waals surface area contributed by atoms with Crippen molar-refractivity contribution in [3.8, 4) is 16.9 Å². The molecular formula is C23H16F4N2O. The molecule has 0 spiro atoms. The summed E-state index contributed by atoms with van der Waals surface area (Å²) < 4.78 is 63.2. The molecule has 7 heteroatoms. The van der Waals surface area contributed by atoms with Crippen LogP contribution in [0.1, 0.15) is 5.56 Å². The van der Waals surface area contributed by atoms with Crippen molar-refractivity contribution in [2.24, 2.45) is 4.99 Å². The Morgan fingerprint density at radius 1 is 0.900 bits per heavy atom. The molecule has 0 atom stereocenters. The van der Waals surface area contributed by atoms with Crippen LogP contribution in [0, 0.1) is 30.2 Å². The number of rotatable bonds is 4. The number of benzene rings is 3. The molecule has 0 bridgehead atoms. The number of nitrogens with zero attached hydrogens (tertiary/aromatic N) is 2. The molecule has 3 aromatic carbocycles. The zero-order chi connectivity index (χ0) is 21.4. The van der Waals surface area contributed by atoms with Gasteiger partial charge in [0.05, 0.1) is 0 Å². The fourth-order valence-corrected chi connectivity index (χ4v) is 3.19. The van der Waals surface area contributed by atoms with Gasteiger partial charge in [-0.3, -0.25) is 0 Å². The standard InChI is InChI=1S/C23H16F4N2O/c1-13-18(26)11-15(14-4-3-5-16(24)10-14)12-19(13)29(2)23-17(25)6-7-20(22(23)27)30-21-8-9-28-21/h3-12H,1-2H3. The Balaban J connectivity index is 1.80. The van der Waals surface area contributed by atoms with E-state index in [1.54, 1.807) is 12.1 Å². The van der Waals surface area contributed by atoms with E-state index in [9.17, 15) is 13.2 Å². The zero-order valence-electron chi connectivity index (χ0n) is 16.1. The van der Waals surface area contributed by atoms with Crippen LogP contribution in [0.4, 0.5) is 28.9 Å². The summed E-state index contributed by atoms with van der Waals surface area (Å²) in [5, 5.41) is 0. The summed E-state index contributed by atoms with van der Waals surface area (Å²) in [5.74, 6) is -2.86. The Labute approximate surface area is 170 Å². The summed E-state index contributed by atoms with van der Waals surface area (Å²) >= 11 is 0. The molecular weight excluding hydrogens is 396 g/mol. The summed E-state index contributed by atoms with van der Waals surface area (Å²) in [6.07, 6.45) is 3.02. The maximum atomic E-state index is 15.1. The number of ether oxygens (including phenoxy) is 1. The molecule has 4 rings (SSSR count). The van der Waals surface area contributed by atoms with E-state index in [0.29, 0.717) is 11.1 Å². The van der Waals surface area contributed by atoms with Crippen LogP contribution in [0.5, 0.6) is 5.75 Å². The van der Waals surface area contributed by atoms with Crippen molar-refractivity contribution in [2.75, 3.05) is 11.9 Å². The highest BCUT2D eigenvalue weighted by atomic mass is 19.1. The lowest BCUT2D eigenvalue weighted by molar-refractivity contribution is 0.484.